The molecular formula is C28H39N3O3. The van der Waals surface area contributed by atoms with Gasteiger partial charge in [0.25, 0.3) is 0 Å². The molecule has 6 heteroatoms. The maximum Gasteiger partial charge on any atom is 0.234 e. The second-order valence-corrected chi connectivity index (χ2v) is 7.63. The Morgan fingerprint density at radius 3 is 2.29 bits per heavy atom. The molecule has 0 saturated carbocycles. The molecular weight excluding hydrogens is 426 g/mol. The number of rotatable bonds is 7. The number of aryl methyl sites for hydroxylation is 2. The Bertz CT molecular complexity index is 998. The smallest absolute Gasteiger partial charge is 0.234 e. The van der Waals surface area contributed by atoms with Crippen molar-refractivity contribution in [1.82, 2.24) is 5.32 Å². The summed E-state index contributed by atoms with van der Waals surface area (Å²) in [6.07, 6.45) is 1.56. The number of Topliss-reactive ketones (excluding diaryl/α,β-unsaturated/α-hetero) is 2. The maximum atomic E-state index is 13.2. The topological polar surface area (TPSA) is 78.8 Å². The zero-order valence-corrected chi connectivity index (χ0v) is 21.6. The number of hydrogen-bond acceptors (Lipinski definition) is 5. The van der Waals surface area contributed by atoms with Gasteiger partial charge in [-0.3, -0.25) is 24.7 Å². The summed E-state index contributed by atoms with van der Waals surface area (Å²) in [5.74, 6) is -0.655. The molecule has 0 aromatic heterocycles. The van der Waals surface area contributed by atoms with E-state index in [1.54, 1.807) is 35.4 Å². The Hall–Kier alpha value is -3.12. The number of aliphatic imine (C=N–C) groups is 1. The van der Waals surface area contributed by atoms with Gasteiger partial charge >= 0.3 is 0 Å². The predicted molar refractivity (Wildman–Crippen MR) is 141 cm³/mol. The van der Waals surface area contributed by atoms with Crippen LogP contribution in [0.1, 0.15) is 74.5 Å². The molecule has 1 atom stereocenters. The largest absolute Gasteiger partial charge is 0.308 e. The van der Waals surface area contributed by atoms with E-state index in [2.05, 4.69) is 10.3 Å². The highest BCUT2D eigenvalue weighted by Gasteiger charge is 2.25. The Morgan fingerprint density at radius 1 is 1.00 bits per heavy atom. The molecule has 34 heavy (non-hydrogen) atoms. The Labute approximate surface area is 204 Å². The molecule has 0 aliphatic carbocycles. The number of ketones is 2. The Balaban J connectivity index is 0.00000137. The third kappa shape index (κ3) is 8.34. The first-order valence-electron chi connectivity index (χ1n) is 12.1. The fourth-order valence-corrected chi connectivity index (χ4v) is 3.36. The second-order valence-electron chi connectivity index (χ2n) is 7.63. The average molecular weight is 466 g/mol. The van der Waals surface area contributed by atoms with Crippen LogP contribution in [0, 0.1) is 13.8 Å². The Morgan fingerprint density at radius 2 is 1.71 bits per heavy atom. The van der Waals surface area contributed by atoms with Gasteiger partial charge in [-0.15, -0.1) is 0 Å². The van der Waals surface area contributed by atoms with Crippen LogP contribution in [0.15, 0.2) is 47.5 Å². The van der Waals surface area contributed by atoms with Crippen LogP contribution < -0.4 is 10.2 Å². The van der Waals surface area contributed by atoms with Gasteiger partial charge in [-0.25, -0.2) is 0 Å². The van der Waals surface area contributed by atoms with E-state index in [-0.39, 0.29) is 23.9 Å². The van der Waals surface area contributed by atoms with Gasteiger partial charge < -0.3 is 4.90 Å². The zero-order valence-electron chi connectivity index (χ0n) is 21.6. The zero-order chi connectivity index (χ0) is 25.7. The minimum Gasteiger partial charge on any atom is -0.308 e. The summed E-state index contributed by atoms with van der Waals surface area (Å²) in [6, 6.07) is 13.0. The van der Waals surface area contributed by atoms with Crippen LogP contribution in [0.5, 0.6) is 0 Å². The lowest BCUT2D eigenvalue weighted by molar-refractivity contribution is -0.128. The molecule has 1 aliphatic heterocycles. The highest BCUT2D eigenvalue weighted by Crippen LogP contribution is 2.22. The van der Waals surface area contributed by atoms with E-state index < -0.39 is 6.17 Å². The number of benzene rings is 2. The van der Waals surface area contributed by atoms with E-state index in [1.807, 2.05) is 59.7 Å². The molecule has 0 radical (unpaired) electrons. The number of anilines is 1. The molecule has 0 fully saturated rings. The number of amides is 1. The van der Waals surface area contributed by atoms with Gasteiger partial charge in [0.2, 0.25) is 5.91 Å². The van der Waals surface area contributed by atoms with Crippen LogP contribution in [0.2, 0.25) is 0 Å². The predicted octanol–water partition coefficient (Wildman–Crippen LogP) is 5.44. The molecule has 2 aromatic carbocycles. The molecule has 1 amide bonds. The van der Waals surface area contributed by atoms with Gasteiger partial charge in [0.05, 0.1) is 13.0 Å². The first-order valence-corrected chi connectivity index (χ1v) is 12.1. The first-order chi connectivity index (χ1) is 16.3. The van der Waals surface area contributed by atoms with Crippen molar-refractivity contribution < 1.29 is 14.4 Å². The molecule has 6 nitrogen and oxygen atoms in total. The third-order valence-corrected chi connectivity index (χ3v) is 5.27. The van der Waals surface area contributed by atoms with E-state index in [0.717, 1.165) is 17.5 Å². The summed E-state index contributed by atoms with van der Waals surface area (Å²) in [5.41, 5.74) is 4.39. The third-order valence-electron chi connectivity index (χ3n) is 5.27. The average Bonchev–Trinajstić information content (AvgIpc) is 2.87. The van der Waals surface area contributed by atoms with Crippen molar-refractivity contribution >= 4 is 29.4 Å². The standard InChI is InChI=1S/C24H27N3O3.2C2H6/c1-16-8-9-19(12-17(16)2)15-27(21-7-4-6-20(13-21)18(3)28)23(30)14-22(29)24-25-10-5-11-26-24;2*1-2/h4,6-10,12-13,24,26H,5,11,14-15H2,1-3H3;2*1-2H3. The van der Waals surface area contributed by atoms with Crippen molar-refractivity contribution in [3.8, 4) is 0 Å². The van der Waals surface area contributed by atoms with E-state index in [0.29, 0.717) is 24.3 Å². The fourth-order valence-electron chi connectivity index (χ4n) is 3.36. The monoisotopic (exact) mass is 465 g/mol. The molecule has 1 heterocycles. The minimum atomic E-state index is -0.672. The lowest BCUT2D eigenvalue weighted by Crippen LogP contribution is -2.41. The molecule has 0 spiro atoms. The van der Waals surface area contributed by atoms with E-state index in [1.165, 1.54) is 12.5 Å². The molecule has 1 unspecified atom stereocenters. The molecule has 184 valence electrons. The summed E-state index contributed by atoms with van der Waals surface area (Å²) in [6.45, 7) is 14.5. The van der Waals surface area contributed by atoms with Crippen LogP contribution in [0.25, 0.3) is 0 Å². The number of carbonyl (C=O) groups is 3. The molecule has 3 rings (SSSR count). The summed E-state index contributed by atoms with van der Waals surface area (Å²) in [5, 5.41) is 3.03. The van der Waals surface area contributed by atoms with Crippen LogP contribution in [-0.2, 0) is 16.1 Å². The SMILES string of the molecule is CC.CC.CC(=O)c1cccc(N(Cc2ccc(C)c(C)c2)C(=O)CC(=O)C2N=CCCN2)c1. The number of nitrogens with zero attached hydrogens (tertiary/aromatic N) is 2. The van der Waals surface area contributed by atoms with Crippen LogP contribution >= 0.6 is 0 Å². The lowest BCUT2D eigenvalue weighted by Gasteiger charge is -2.25. The van der Waals surface area contributed by atoms with Gasteiger partial charge in [-0.1, -0.05) is 58.0 Å². The van der Waals surface area contributed by atoms with Gasteiger partial charge in [-0.05, 0) is 56.0 Å². The molecule has 2 aromatic rings. The van der Waals surface area contributed by atoms with Gasteiger partial charge in [0.15, 0.2) is 17.7 Å². The van der Waals surface area contributed by atoms with Crippen molar-refractivity contribution in [1.29, 1.82) is 0 Å². The quantitative estimate of drug-likeness (QED) is 0.436. The Kier molecular flexibility index (Phi) is 12.7. The molecule has 0 bridgehead atoms. The first kappa shape index (κ1) is 28.9. The fraction of sp³-hybridized carbons (Fsp3) is 0.429. The lowest BCUT2D eigenvalue weighted by atomic mass is 10.0. The summed E-state index contributed by atoms with van der Waals surface area (Å²) >= 11 is 0. The van der Waals surface area contributed by atoms with Crippen molar-refractivity contribution in [3.05, 3.63) is 64.7 Å². The number of nitrogens with one attached hydrogen (secondary N) is 1. The van der Waals surface area contributed by atoms with Crippen LogP contribution in [-0.4, -0.2) is 36.4 Å². The van der Waals surface area contributed by atoms with Crippen molar-refractivity contribution in [3.63, 3.8) is 0 Å². The van der Waals surface area contributed by atoms with Crippen molar-refractivity contribution in [2.45, 2.75) is 74.0 Å². The second kappa shape index (κ2) is 14.9. The van der Waals surface area contributed by atoms with Gasteiger partial charge in [0, 0.05) is 24.0 Å². The number of carbonyl (C=O) groups excluding carboxylic acids is 3. The minimum absolute atomic E-state index is 0.0766. The van der Waals surface area contributed by atoms with Crippen molar-refractivity contribution in [2.24, 2.45) is 4.99 Å². The molecule has 1 aliphatic rings. The normalized spacial score (nSPS) is 14.1. The molecule has 1 N–H and O–H groups in total. The summed E-state index contributed by atoms with van der Waals surface area (Å²) in [7, 11) is 0. The van der Waals surface area contributed by atoms with Gasteiger partial charge in [0.1, 0.15) is 0 Å². The number of hydrogen-bond donors (Lipinski definition) is 1. The van der Waals surface area contributed by atoms with Gasteiger partial charge in [-0.2, -0.15) is 0 Å². The van der Waals surface area contributed by atoms with Crippen molar-refractivity contribution in [2.75, 3.05) is 11.4 Å². The summed E-state index contributed by atoms with van der Waals surface area (Å²) in [4.78, 5) is 43.3. The van der Waals surface area contributed by atoms with E-state index in [4.69, 9.17) is 0 Å². The van der Waals surface area contributed by atoms with Crippen LogP contribution in [0.3, 0.4) is 0 Å². The summed E-state index contributed by atoms with van der Waals surface area (Å²) < 4.78 is 0. The highest BCUT2D eigenvalue weighted by molar-refractivity contribution is 6.08. The maximum absolute atomic E-state index is 13.2. The van der Waals surface area contributed by atoms with E-state index >= 15 is 0 Å². The van der Waals surface area contributed by atoms with Crippen LogP contribution in [0.4, 0.5) is 5.69 Å². The molecule has 0 saturated heterocycles. The van der Waals surface area contributed by atoms with E-state index in [9.17, 15) is 14.4 Å². The highest BCUT2D eigenvalue weighted by atomic mass is 16.2.